The van der Waals surface area contributed by atoms with Gasteiger partial charge >= 0.3 is 5.69 Å². The van der Waals surface area contributed by atoms with Gasteiger partial charge in [-0.05, 0) is 48.9 Å². The number of hydrogen-bond acceptors (Lipinski definition) is 5. The molecule has 1 aliphatic rings. The molecule has 1 aromatic carbocycles. The van der Waals surface area contributed by atoms with Crippen molar-refractivity contribution in [2.75, 3.05) is 13.2 Å². The minimum atomic E-state index is -0.647. The number of aryl methyl sites for hydroxylation is 1. The number of pyridine rings is 1. The Balaban J connectivity index is 1.87. The molecule has 0 spiro atoms. The fraction of sp³-hybridized carbons (Fsp3) is 0.462. The normalized spacial score (nSPS) is 15.7. The fourth-order valence-electron chi connectivity index (χ4n) is 4.47. The lowest BCUT2D eigenvalue weighted by Gasteiger charge is -2.26. The average molecular weight is 483 g/mol. The van der Waals surface area contributed by atoms with Crippen molar-refractivity contribution < 1.29 is 13.9 Å². The molecule has 1 N–H and O–H groups in total. The molecule has 1 amide bonds. The summed E-state index contributed by atoms with van der Waals surface area (Å²) in [4.78, 5) is 48.1. The third-order valence-electron chi connectivity index (χ3n) is 6.24. The van der Waals surface area contributed by atoms with Gasteiger partial charge in [0.05, 0.1) is 17.1 Å². The molecule has 4 rings (SSSR count). The third kappa shape index (κ3) is 5.35. The maximum absolute atomic E-state index is 14.0. The second-order valence-corrected chi connectivity index (χ2v) is 9.31. The van der Waals surface area contributed by atoms with E-state index >= 15 is 0 Å². The molecule has 1 saturated heterocycles. The summed E-state index contributed by atoms with van der Waals surface area (Å²) < 4.78 is 21.1. The number of amides is 1. The first-order valence-corrected chi connectivity index (χ1v) is 12.1. The zero-order valence-corrected chi connectivity index (χ0v) is 20.3. The van der Waals surface area contributed by atoms with Gasteiger partial charge in [0.25, 0.3) is 11.5 Å². The van der Waals surface area contributed by atoms with Crippen LogP contribution in [0.3, 0.4) is 0 Å². The number of fused-ring (bicyclic) bond motifs is 1. The first-order chi connectivity index (χ1) is 16.8. The summed E-state index contributed by atoms with van der Waals surface area (Å²) in [5, 5.41) is 0.0871. The molecule has 0 saturated carbocycles. The number of nitrogens with one attached hydrogen (secondary N) is 1. The van der Waals surface area contributed by atoms with Crippen molar-refractivity contribution in [3.8, 4) is 0 Å². The number of nitrogens with zero attached hydrogens (tertiary/aromatic N) is 3. The Hall–Kier alpha value is -3.33. The van der Waals surface area contributed by atoms with Crippen LogP contribution in [-0.4, -0.2) is 44.6 Å². The molecule has 0 radical (unpaired) electrons. The maximum Gasteiger partial charge on any atom is 0.329 e. The predicted octanol–water partition coefficient (Wildman–Crippen LogP) is 3.58. The van der Waals surface area contributed by atoms with Gasteiger partial charge in [0, 0.05) is 31.9 Å². The van der Waals surface area contributed by atoms with E-state index in [-0.39, 0.29) is 46.9 Å². The van der Waals surface area contributed by atoms with Crippen molar-refractivity contribution >= 4 is 16.9 Å². The molecule has 1 fully saturated rings. The average Bonchev–Trinajstić information content (AvgIpc) is 3.33. The molecular weight excluding hydrogens is 451 g/mol. The molecule has 8 nitrogen and oxygen atoms in total. The Kier molecular flexibility index (Phi) is 7.45. The van der Waals surface area contributed by atoms with Crippen LogP contribution in [0.5, 0.6) is 0 Å². The highest BCUT2D eigenvalue weighted by molar-refractivity contribution is 6.05. The zero-order valence-electron chi connectivity index (χ0n) is 20.3. The van der Waals surface area contributed by atoms with Crippen LogP contribution >= 0.6 is 0 Å². The summed E-state index contributed by atoms with van der Waals surface area (Å²) in [6.07, 6.45) is 2.24. The molecule has 0 aliphatic carbocycles. The molecule has 35 heavy (non-hydrogen) atoms. The lowest BCUT2D eigenvalue weighted by molar-refractivity contribution is 0.0508. The number of benzene rings is 1. The number of halogens is 1. The third-order valence-corrected chi connectivity index (χ3v) is 6.24. The molecule has 0 bridgehead atoms. The van der Waals surface area contributed by atoms with Crippen molar-refractivity contribution in [2.45, 2.75) is 65.1 Å². The van der Waals surface area contributed by atoms with Gasteiger partial charge in [-0.2, -0.15) is 0 Å². The molecule has 1 unspecified atom stereocenters. The van der Waals surface area contributed by atoms with E-state index in [1.807, 2.05) is 20.8 Å². The van der Waals surface area contributed by atoms with Crippen molar-refractivity contribution in [2.24, 2.45) is 0 Å². The molecular formula is C26H31FN4O4. The van der Waals surface area contributed by atoms with Crippen LogP contribution < -0.4 is 11.2 Å². The van der Waals surface area contributed by atoms with Crippen LogP contribution in [0.25, 0.3) is 11.0 Å². The highest BCUT2D eigenvalue weighted by Crippen LogP contribution is 2.23. The molecule has 1 atom stereocenters. The zero-order chi connectivity index (χ0) is 25.1. The Bertz CT molecular complexity index is 1340. The molecule has 1 aliphatic heterocycles. The van der Waals surface area contributed by atoms with Gasteiger partial charge in [0.1, 0.15) is 5.82 Å². The Morgan fingerprint density at radius 1 is 1.31 bits per heavy atom. The number of carbonyl (C=O) groups excluding carboxylic acids is 1. The highest BCUT2D eigenvalue weighted by Gasteiger charge is 2.27. The van der Waals surface area contributed by atoms with Crippen molar-refractivity contribution in [1.29, 1.82) is 0 Å². The molecule has 2 aromatic heterocycles. The van der Waals surface area contributed by atoms with Gasteiger partial charge in [0.15, 0.2) is 5.65 Å². The van der Waals surface area contributed by atoms with Crippen LogP contribution in [0.15, 0.2) is 39.9 Å². The SMILES string of the molecule is CCCn1c(=O)[nH]c(=O)c2c(C(=O)N(Cc3cccc(F)c3)CC3CCCO3)cc(C(C)C)nc21. The Labute approximate surface area is 202 Å². The second kappa shape index (κ2) is 10.5. The smallest absolute Gasteiger partial charge is 0.329 e. The van der Waals surface area contributed by atoms with E-state index in [1.54, 1.807) is 23.1 Å². The largest absolute Gasteiger partial charge is 0.376 e. The summed E-state index contributed by atoms with van der Waals surface area (Å²) in [5.74, 6) is -0.806. The number of carbonyl (C=O) groups is 1. The fourth-order valence-corrected chi connectivity index (χ4v) is 4.47. The first-order valence-electron chi connectivity index (χ1n) is 12.1. The van der Waals surface area contributed by atoms with Crippen LogP contribution in [0.1, 0.15) is 67.6 Å². The lowest BCUT2D eigenvalue weighted by atomic mass is 10.0. The van der Waals surface area contributed by atoms with E-state index in [9.17, 15) is 18.8 Å². The Morgan fingerprint density at radius 3 is 2.77 bits per heavy atom. The van der Waals surface area contributed by atoms with Gasteiger partial charge in [-0.15, -0.1) is 0 Å². The van der Waals surface area contributed by atoms with Crippen LogP contribution in [0.4, 0.5) is 4.39 Å². The summed E-state index contributed by atoms with van der Waals surface area (Å²) in [6.45, 7) is 7.25. The summed E-state index contributed by atoms with van der Waals surface area (Å²) in [6, 6.07) is 7.75. The monoisotopic (exact) mass is 482 g/mol. The minimum Gasteiger partial charge on any atom is -0.376 e. The van der Waals surface area contributed by atoms with Gasteiger partial charge in [-0.1, -0.05) is 32.9 Å². The van der Waals surface area contributed by atoms with Gasteiger partial charge < -0.3 is 9.64 Å². The Morgan fingerprint density at radius 2 is 2.11 bits per heavy atom. The molecule has 3 heterocycles. The molecule has 9 heteroatoms. The van der Waals surface area contributed by atoms with Crippen LogP contribution in [0.2, 0.25) is 0 Å². The number of aromatic nitrogens is 3. The number of ether oxygens (including phenoxy) is 1. The number of hydrogen-bond donors (Lipinski definition) is 1. The van der Waals surface area contributed by atoms with Gasteiger partial charge in [-0.25, -0.2) is 14.2 Å². The minimum absolute atomic E-state index is 0.0368. The summed E-state index contributed by atoms with van der Waals surface area (Å²) in [7, 11) is 0. The van der Waals surface area contributed by atoms with Crippen LogP contribution in [0, 0.1) is 5.82 Å². The van der Waals surface area contributed by atoms with Crippen molar-refractivity contribution in [3.05, 3.63) is 73.8 Å². The van der Waals surface area contributed by atoms with E-state index in [2.05, 4.69) is 9.97 Å². The van der Waals surface area contributed by atoms with E-state index in [4.69, 9.17) is 4.74 Å². The van der Waals surface area contributed by atoms with E-state index in [0.29, 0.717) is 37.4 Å². The topological polar surface area (TPSA) is 97.3 Å². The van der Waals surface area contributed by atoms with Crippen molar-refractivity contribution in [1.82, 2.24) is 19.4 Å². The first kappa shape index (κ1) is 24.8. The highest BCUT2D eigenvalue weighted by atomic mass is 19.1. The lowest BCUT2D eigenvalue weighted by Crippen LogP contribution is -2.38. The van der Waals surface area contributed by atoms with Crippen LogP contribution in [-0.2, 0) is 17.8 Å². The summed E-state index contributed by atoms with van der Waals surface area (Å²) in [5.41, 5.74) is 0.435. The van der Waals surface area contributed by atoms with E-state index < -0.39 is 11.2 Å². The van der Waals surface area contributed by atoms with Gasteiger partial charge in [0.2, 0.25) is 0 Å². The quantitative estimate of drug-likeness (QED) is 0.529. The standard InChI is InChI=1S/C26H31FN4O4/c1-4-10-31-23-22(24(32)29-26(31)34)20(13-21(28-23)16(2)3)25(33)30(15-19-9-6-11-35-19)14-17-7-5-8-18(27)12-17/h5,7-8,12-13,16,19H,4,6,9-11,14-15H2,1-3H3,(H,29,32,34). The summed E-state index contributed by atoms with van der Waals surface area (Å²) >= 11 is 0. The van der Waals surface area contributed by atoms with E-state index in [0.717, 1.165) is 12.8 Å². The van der Waals surface area contributed by atoms with Crippen molar-refractivity contribution in [3.63, 3.8) is 0 Å². The molecule has 3 aromatic rings. The van der Waals surface area contributed by atoms with E-state index in [1.165, 1.54) is 16.7 Å². The predicted molar refractivity (Wildman–Crippen MR) is 131 cm³/mol. The van der Waals surface area contributed by atoms with Gasteiger partial charge in [-0.3, -0.25) is 19.1 Å². The number of H-pyrrole nitrogens is 1. The number of rotatable bonds is 8. The molecule has 186 valence electrons. The maximum atomic E-state index is 14.0. The second-order valence-electron chi connectivity index (χ2n) is 9.31. The number of aromatic amines is 1.